The molecule has 0 fully saturated rings. The fourth-order valence-corrected chi connectivity index (χ4v) is 3.56. The van der Waals surface area contributed by atoms with Gasteiger partial charge < -0.3 is 14.6 Å². The van der Waals surface area contributed by atoms with Crippen LogP contribution in [0.4, 0.5) is 18.9 Å². The second kappa shape index (κ2) is 8.70. The number of carboxylic acid groups (broad SMARTS) is 1. The maximum Gasteiger partial charge on any atom is 0.416 e. The quantitative estimate of drug-likeness (QED) is 0.617. The summed E-state index contributed by atoms with van der Waals surface area (Å²) in [7, 11) is -4.79. The zero-order valence-corrected chi connectivity index (χ0v) is 15.9. The molecule has 12 heteroatoms. The van der Waals surface area contributed by atoms with Crippen LogP contribution in [0, 0.1) is 0 Å². The van der Waals surface area contributed by atoms with Crippen molar-refractivity contribution >= 4 is 39.3 Å². The Hall–Kier alpha value is -2.79. The normalized spacial score (nSPS) is 11.7. The maximum absolute atomic E-state index is 12.9. The van der Waals surface area contributed by atoms with Gasteiger partial charge in [0.25, 0.3) is 0 Å². The summed E-state index contributed by atoms with van der Waals surface area (Å²) >= 11 is 5.74. The van der Waals surface area contributed by atoms with Crippen LogP contribution in [0.3, 0.4) is 0 Å². The molecule has 0 bridgehead atoms. The number of amides is 1. The predicted octanol–water partition coefficient (Wildman–Crippen LogP) is 3.93. The van der Waals surface area contributed by atoms with Crippen LogP contribution < -0.4 is 9.50 Å². The summed E-state index contributed by atoms with van der Waals surface area (Å²) in [6, 6.07) is 6.97. The van der Waals surface area contributed by atoms with E-state index in [0.29, 0.717) is 12.1 Å². The lowest BCUT2D eigenvalue weighted by atomic mass is 10.2. The van der Waals surface area contributed by atoms with Crippen LogP contribution in [0.15, 0.2) is 47.4 Å². The summed E-state index contributed by atoms with van der Waals surface area (Å²) in [5.41, 5.74) is -1.35. The van der Waals surface area contributed by atoms with Gasteiger partial charge in [0.15, 0.2) is 5.75 Å². The Morgan fingerprint density at radius 3 is 2.38 bits per heavy atom. The second-order valence-corrected chi connectivity index (χ2v) is 7.54. The lowest BCUT2D eigenvalue weighted by Gasteiger charge is -2.14. The highest BCUT2D eigenvalue weighted by molar-refractivity contribution is 7.87. The van der Waals surface area contributed by atoms with Gasteiger partial charge in [-0.2, -0.15) is 21.6 Å². The molecule has 2 N–H and O–H groups in total. The van der Waals surface area contributed by atoms with E-state index >= 15 is 0 Å². The number of carbonyl (C=O) groups is 2. The van der Waals surface area contributed by atoms with Gasteiger partial charge in [-0.3, -0.25) is 9.59 Å². The van der Waals surface area contributed by atoms with Crippen LogP contribution in [-0.4, -0.2) is 25.4 Å². The van der Waals surface area contributed by atoms with E-state index in [2.05, 4.69) is 5.32 Å². The molecule has 0 spiro atoms. The van der Waals surface area contributed by atoms with E-state index < -0.39 is 50.1 Å². The smallest absolute Gasteiger partial charge is 0.416 e. The molecule has 0 aromatic heterocycles. The van der Waals surface area contributed by atoms with Gasteiger partial charge in [0.1, 0.15) is 4.90 Å². The number of nitrogens with one attached hydrogen (secondary N) is 1. The number of hydrogen-bond acceptors (Lipinski definition) is 5. The predicted molar refractivity (Wildman–Crippen MR) is 96.2 cm³/mol. The van der Waals surface area contributed by atoms with Crippen molar-refractivity contribution in [2.75, 3.05) is 5.32 Å². The molecule has 0 radical (unpaired) electrons. The minimum atomic E-state index is -4.80. The molecule has 2 aromatic carbocycles. The molecule has 0 unspecified atom stereocenters. The average Bonchev–Trinajstić information content (AvgIpc) is 2.60. The fourth-order valence-electron chi connectivity index (χ4n) is 2.11. The van der Waals surface area contributed by atoms with Gasteiger partial charge in [0.05, 0.1) is 22.7 Å². The summed E-state index contributed by atoms with van der Waals surface area (Å²) in [6.45, 7) is 0. The van der Waals surface area contributed by atoms with Crippen molar-refractivity contribution in [1.82, 2.24) is 0 Å². The van der Waals surface area contributed by atoms with Crippen molar-refractivity contribution in [3.63, 3.8) is 0 Å². The molecule has 0 saturated heterocycles. The van der Waals surface area contributed by atoms with Crippen LogP contribution in [0.1, 0.15) is 18.4 Å². The second-order valence-electron chi connectivity index (χ2n) is 5.62. The lowest BCUT2D eigenvalue weighted by molar-refractivity contribution is -0.138. The minimum Gasteiger partial charge on any atom is -0.481 e. The fraction of sp³-hybridized carbons (Fsp3) is 0.176. The highest BCUT2D eigenvalue weighted by atomic mass is 35.5. The summed E-state index contributed by atoms with van der Waals surface area (Å²) in [5.74, 6) is -2.31. The highest BCUT2D eigenvalue weighted by Crippen LogP contribution is 2.35. The lowest BCUT2D eigenvalue weighted by Crippen LogP contribution is -2.16. The first-order valence-corrected chi connectivity index (χ1v) is 9.60. The Labute approximate surface area is 168 Å². The molecular formula is C17H13ClF3NO6S. The molecule has 156 valence electrons. The number of carbonyl (C=O) groups excluding carboxylic acids is 1. The molecule has 1 amide bonds. The molecule has 29 heavy (non-hydrogen) atoms. The molecule has 0 atom stereocenters. The topological polar surface area (TPSA) is 110 Å². The van der Waals surface area contributed by atoms with Gasteiger partial charge in [-0.1, -0.05) is 23.7 Å². The maximum atomic E-state index is 12.9. The van der Waals surface area contributed by atoms with E-state index in [4.69, 9.17) is 20.9 Å². The third-order valence-corrected chi connectivity index (χ3v) is 5.17. The molecule has 2 aromatic rings. The average molecular weight is 452 g/mol. The third kappa shape index (κ3) is 6.09. The molecule has 0 saturated carbocycles. The number of halogens is 4. The SMILES string of the molecule is O=C(O)CCC(=O)Nc1ccccc1OS(=O)(=O)c1cc(C(F)(F)F)ccc1Cl. The van der Waals surface area contributed by atoms with Gasteiger partial charge in [-0.05, 0) is 30.3 Å². The Bertz CT molecular complexity index is 1040. The number of carboxylic acids is 1. The van der Waals surface area contributed by atoms with Crippen molar-refractivity contribution < 1.29 is 40.5 Å². The molecule has 0 aliphatic heterocycles. The van der Waals surface area contributed by atoms with Crippen LogP contribution in [0.2, 0.25) is 5.02 Å². The van der Waals surface area contributed by atoms with Crippen LogP contribution in [0.5, 0.6) is 5.75 Å². The van der Waals surface area contributed by atoms with Crippen LogP contribution in [-0.2, 0) is 25.9 Å². The number of aliphatic carboxylic acids is 1. The molecule has 0 aliphatic carbocycles. The van der Waals surface area contributed by atoms with Crippen molar-refractivity contribution in [2.24, 2.45) is 0 Å². The van der Waals surface area contributed by atoms with E-state index in [0.717, 1.165) is 12.1 Å². The minimum absolute atomic E-state index is 0.116. The molecular weight excluding hydrogens is 439 g/mol. The van der Waals surface area contributed by atoms with E-state index in [-0.39, 0.29) is 17.9 Å². The van der Waals surface area contributed by atoms with Gasteiger partial charge >= 0.3 is 22.3 Å². The number of alkyl halides is 3. The largest absolute Gasteiger partial charge is 0.481 e. The molecule has 0 heterocycles. The van der Waals surface area contributed by atoms with Crippen molar-refractivity contribution in [1.29, 1.82) is 0 Å². The van der Waals surface area contributed by atoms with Gasteiger partial charge in [-0.25, -0.2) is 0 Å². The number of anilines is 1. The van der Waals surface area contributed by atoms with E-state index in [9.17, 15) is 31.2 Å². The summed E-state index contributed by atoms with van der Waals surface area (Å²) < 4.78 is 68.5. The summed E-state index contributed by atoms with van der Waals surface area (Å²) in [4.78, 5) is 21.4. The first kappa shape index (κ1) is 22.5. The number of para-hydroxylation sites is 2. The molecule has 0 aliphatic rings. The number of rotatable bonds is 7. The molecule has 2 rings (SSSR count). The Morgan fingerprint density at radius 2 is 1.76 bits per heavy atom. The van der Waals surface area contributed by atoms with Gasteiger partial charge in [0, 0.05) is 6.42 Å². The van der Waals surface area contributed by atoms with Crippen LogP contribution >= 0.6 is 11.6 Å². The van der Waals surface area contributed by atoms with Crippen LogP contribution in [0.25, 0.3) is 0 Å². The zero-order chi connectivity index (χ0) is 21.8. The highest BCUT2D eigenvalue weighted by Gasteiger charge is 2.33. The van der Waals surface area contributed by atoms with E-state index in [1.54, 1.807) is 0 Å². The summed E-state index contributed by atoms with van der Waals surface area (Å²) in [6.07, 6.45) is -5.63. The van der Waals surface area contributed by atoms with E-state index in [1.165, 1.54) is 18.2 Å². The Balaban J connectivity index is 2.32. The standard InChI is InChI=1S/C17H13ClF3NO6S/c18-11-6-5-10(17(19,20)21)9-14(11)29(26,27)28-13-4-2-1-3-12(13)22-15(23)7-8-16(24)25/h1-6,9H,7-8H2,(H,22,23)(H,24,25). The first-order valence-electron chi connectivity index (χ1n) is 7.82. The third-order valence-electron chi connectivity index (χ3n) is 3.45. The Kier molecular flexibility index (Phi) is 6.75. The first-order chi connectivity index (χ1) is 13.4. The molecule has 7 nitrogen and oxygen atoms in total. The zero-order valence-electron chi connectivity index (χ0n) is 14.4. The monoisotopic (exact) mass is 451 g/mol. The van der Waals surface area contributed by atoms with E-state index in [1.807, 2.05) is 0 Å². The number of hydrogen-bond donors (Lipinski definition) is 2. The van der Waals surface area contributed by atoms with Crippen molar-refractivity contribution in [2.45, 2.75) is 23.9 Å². The number of benzene rings is 2. The summed E-state index contributed by atoms with van der Waals surface area (Å²) in [5, 5.41) is 10.4. The van der Waals surface area contributed by atoms with Gasteiger partial charge in [-0.15, -0.1) is 0 Å². The van der Waals surface area contributed by atoms with Crippen molar-refractivity contribution in [3.8, 4) is 5.75 Å². The Morgan fingerprint density at radius 1 is 1.10 bits per heavy atom. The van der Waals surface area contributed by atoms with Gasteiger partial charge in [0.2, 0.25) is 5.91 Å². The van der Waals surface area contributed by atoms with Crippen molar-refractivity contribution in [3.05, 3.63) is 53.1 Å².